The molecule has 1 aliphatic carbocycles. The first kappa shape index (κ1) is 26.1. The third-order valence-corrected chi connectivity index (χ3v) is 6.85. The van der Waals surface area contributed by atoms with Crippen LogP contribution in [0.25, 0.3) is 0 Å². The molecule has 3 N–H and O–H groups in total. The summed E-state index contributed by atoms with van der Waals surface area (Å²) in [4.78, 5) is 4.57. The van der Waals surface area contributed by atoms with Crippen LogP contribution < -0.4 is 15.4 Å². The van der Waals surface area contributed by atoms with Crippen LogP contribution in [0.15, 0.2) is 34.2 Å². The molecule has 0 bridgehead atoms. The summed E-state index contributed by atoms with van der Waals surface area (Å²) in [6.07, 6.45) is 6.04. The Hall–Kier alpha value is -0.910. The molecule has 1 aromatic rings. The van der Waals surface area contributed by atoms with Crippen molar-refractivity contribution in [3.05, 3.63) is 29.8 Å². The highest BCUT2D eigenvalue weighted by Gasteiger charge is 2.33. The van der Waals surface area contributed by atoms with E-state index in [0.717, 1.165) is 37.7 Å². The number of benzene rings is 1. The minimum absolute atomic E-state index is 0. The zero-order chi connectivity index (χ0) is 20.5. The lowest BCUT2D eigenvalue weighted by molar-refractivity contribution is 0.105. The van der Waals surface area contributed by atoms with Crippen LogP contribution in [-0.2, 0) is 21.3 Å². The van der Waals surface area contributed by atoms with Crippen molar-refractivity contribution in [1.29, 1.82) is 0 Å². The van der Waals surface area contributed by atoms with Crippen LogP contribution in [0.2, 0.25) is 0 Å². The molecule has 1 aliphatic rings. The van der Waals surface area contributed by atoms with Crippen molar-refractivity contribution in [2.24, 2.45) is 10.4 Å². The van der Waals surface area contributed by atoms with Crippen molar-refractivity contribution >= 4 is 40.0 Å². The van der Waals surface area contributed by atoms with Crippen molar-refractivity contribution in [3.8, 4) is 0 Å². The molecular weight excluding hydrogens is 503 g/mol. The van der Waals surface area contributed by atoms with E-state index in [9.17, 15) is 8.42 Å². The summed E-state index contributed by atoms with van der Waals surface area (Å²) in [7, 11) is -0.279. The molecular formula is C20H35IN4O3S. The first-order valence-electron chi connectivity index (χ1n) is 9.99. The van der Waals surface area contributed by atoms with Crippen molar-refractivity contribution in [2.45, 2.75) is 50.5 Å². The molecule has 0 saturated heterocycles. The first-order valence-corrected chi connectivity index (χ1v) is 11.5. The van der Waals surface area contributed by atoms with E-state index < -0.39 is 10.0 Å². The quantitative estimate of drug-likeness (QED) is 0.185. The molecule has 0 spiro atoms. The fourth-order valence-corrected chi connectivity index (χ4v) is 4.49. The average molecular weight is 538 g/mol. The Morgan fingerprint density at radius 2 is 1.97 bits per heavy atom. The molecule has 0 heterocycles. The van der Waals surface area contributed by atoms with E-state index in [1.54, 1.807) is 25.2 Å². The van der Waals surface area contributed by atoms with E-state index in [4.69, 9.17) is 4.74 Å². The molecule has 29 heavy (non-hydrogen) atoms. The monoisotopic (exact) mass is 538 g/mol. The molecule has 166 valence electrons. The van der Waals surface area contributed by atoms with Gasteiger partial charge in [-0.05, 0) is 56.3 Å². The van der Waals surface area contributed by atoms with E-state index in [1.165, 1.54) is 32.7 Å². The van der Waals surface area contributed by atoms with Gasteiger partial charge in [-0.3, -0.25) is 4.99 Å². The normalized spacial score (nSPS) is 16.3. The van der Waals surface area contributed by atoms with Gasteiger partial charge in [-0.2, -0.15) is 0 Å². The summed E-state index contributed by atoms with van der Waals surface area (Å²) in [5.41, 5.74) is 1.15. The molecule has 2 rings (SSSR count). The fraction of sp³-hybridized carbons (Fsp3) is 0.650. The topological polar surface area (TPSA) is 91.8 Å². The van der Waals surface area contributed by atoms with Crippen LogP contribution in [0.1, 0.15) is 44.6 Å². The van der Waals surface area contributed by atoms with Gasteiger partial charge in [-0.15, -0.1) is 24.0 Å². The Balaban J connectivity index is 0.00000420. The second-order valence-corrected chi connectivity index (χ2v) is 9.17. The summed E-state index contributed by atoms with van der Waals surface area (Å²) in [5, 5.41) is 6.74. The number of aliphatic imine (C=N–C) groups is 1. The number of rotatable bonds is 10. The molecule has 0 atom stereocenters. The maximum absolute atomic E-state index is 12.0. The van der Waals surface area contributed by atoms with Gasteiger partial charge in [0, 0.05) is 33.4 Å². The van der Waals surface area contributed by atoms with Crippen LogP contribution in [0.5, 0.6) is 0 Å². The van der Waals surface area contributed by atoms with E-state index in [0.29, 0.717) is 6.54 Å². The number of nitrogens with one attached hydrogen (secondary N) is 3. The number of hydrogen-bond donors (Lipinski definition) is 3. The minimum atomic E-state index is -3.44. The summed E-state index contributed by atoms with van der Waals surface area (Å²) < 4.78 is 31.8. The average Bonchev–Trinajstić information content (AvgIpc) is 3.17. The third kappa shape index (κ3) is 8.03. The number of halogens is 1. The minimum Gasteiger partial charge on any atom is -0.382 e. The number of hydrogen-bond acceptors (Lipinski definition) is 4. The summed E-state index contributed by atoms with van der Waals surface area (Å²) in [6, 6.07) is 6.91. The molecule has 0 unspecified atom stereocenters. The smallest absolute Gasteiger partial charge is 0.240 e. The molecule has 0 radical (unpaired) electrons. The Bertz CT molecular complexity index is 750. The molecule has 1 saturated carbocycles. The van der Waals surface area contributed by atoms with Gasteiger partial charge in [0.25, 0.3) is 0 Å². The highest BCUT2D eigenvalue weighted by atomic mass is 127. The van der Waals surface area contributed by atoms with E-state index in [2.05, 4.69) is 20.3 Å². The lowest BCUT2D eigenvalue weighted by Crippen LogP contribution is -2.43. The predicted octanol–water partition coefficient (Wildman–Crippen LogP) is 2.86. The fourth-order valence-electron chi connectivity index (χ4n) is 3.69. The lowest BCUT2D eigenvalue weighted by atomic mass is 9.83. The van der Waals surface area contributed by atoms with Crippen LogP contribution in [-0.4, -0.2) is 48.2 Å². The van der Waals surface area contributed by atoms with Crippen LogP contribution in [0.3, 0.4) is 0 Å². The highest BCUT2D eigenvalue weighted by molar-refractivity contribution is 14.0. The number of nitrogens with zero attached hydrogens (tertiary/aromatic N) is 1. The molecule has 7 nitrogen and oxygen atoms in total. The van der Waals surface area contributed by atoms with E-state index in [1.807, 2.05) is 13.0 Å². The molecule has 0 aromatic heterocycles. The largest absolute Gasteiger partial charge is 0.382 e. The number of sulfonamides is 1. The maximum atomic E-state index is 12.0. The first-order chi connectivity index (χ1) is 13.4. The van der Waals surface area contributed by atoms with Crippen LogP contribution in [0, 0.1) is 5.41 Å². The van der Waals surface area contributed by atoms with Gasteiger partial charge in [0.15, 0.2) is 5.96 Å². The number of guanidine groups is 1. The Morgan fingerprint density at radius 1 is 1.24 bits per heavy atom. The summed E-state index contributed by atoms with van der Waals surface area (Å²) in [5.74, 6) is 0.726. The van der Waals surface area contributed by atoms with Gasteiger partial charge in [-0.1, -0.05) is 25.0 Å². The summed E-state index contributed by atoms with van der Waals surface area (Å²) in [6.45, 7) is 4.96. The lowest BCUT2D eigenvalue weighted by Gasteiger charge is -2.30. The van der Waals surface area contributed by atoms with Gasteiger partial charge < -0.3 is 15.4 Å². The molecule has 9 heteroatoms. The van der Waals surface area contributed by atoms with Gasteiger partial charge in [-0.25, -0.2) is 13.1 Å². The van der Waals surface area contributed by atoms with Crippen LogP contribution >= 0.6 is 24.0 Å². The highest BCUT2D eigenvalue weighted by Crippen LogP contribution is 2.40. The zero-order valence-corrected chi connectivity index (χ0v) is 20.8. The predicted molar refractivity (Wildman–Crippen MR) is 128 cm³/mol. The Kier molecular flexibility index (Phi) is 11.4. The van der Waals surface area contributed by atoms with Gasteiger partial charge >= 0.3 is 0 Å². The number of ether oxygens (including phenoxy) is 1. The Labute approximate surface area is 192 Å². The van der Waals surface area contributed by atoms with Crippen molar-refractivity contribution in [2.75, 3.05) is 33.9 Å². The van der Waals surface area contributed by atoms with Gasteiger partial charge in [0.2, 0.25) is 10.0 Å². The van der Waals surface area contributed by atoms with Crippen molar-refractivity contribution in [3.63, 3.8) is 0 Å². The molecule has 0 amide bonds. The van der Waals surface area contributed by atoms with Crippen molar-refractivity contribution in [1.82, 2.24) is 15.4 Å². The molecule has 1 fully saturated rings. The summed E-state index contributed by atoms with van der Waals surface area (Å²) >= 11 is 0. The SMILES string of the molecule is CCOCCC1(CNC(=NC)NCc2cccc(S(=O)(=O)NC)c2)CCCC1.I. The molecule has 0 aliphatic heterocycles. The molecule has 1 aromatic carbocycles. The van der Waals surface area contributed by atoms with Crippen LogP contribution in [0.4, 0.5) is 0 Å². The second-order valence-electron chi connectivity index (χ2n) is 7.29. The van der Waals surface area contributed by atoms with E-state index in [-0.39, 0.29) is 34.3 Å². The maximum Gasteiger partial charge on any atom is 0.240 e. The van der Waals surface area contributed by atoms with Gasteiger partial charge in [0.05, 0.1) is 4.90 Å². The standard InChI is InChI=1S/C20H34N4O3S.HI/c1-4-27-13-12-20(10-5-6-11-20)16-24-19(21-2)23-15-17-8-7-9-18(14-17)28(25,26)22-3;/h7-9,14,22H,4-6,10-13,15-16H2,1-3H3,(H2,21,23,24);1H. The van der Waals surface area contributed by atoms with Gasteiger partial charge in [0.1, 0.15) is 0 Å². The second kappa shape index (κ2) is 12.7. The van der Waals surface area contributed by atoms with Crippen molar-refractivity contribution < 1.29 is 13.2 Å². The zero-order valence-electron chi connectivity index (χ0n) is 17.7. The van der Waals surface area contributed by atoms with E-state index >= 15 is 0 Å². The third-order valence-electron chi connectivity index (χ3n) is 5.44. The Morgan fingerprint density at radius 3 is 2.59 bits per heavy atom.